The first-order chi connectivity index (χ1) is 12.1. The van der Waals surface area contributed by atoms with E-state index in [0.29, 0.717) is 11.0 Å². The predicted molar refractivity (Wildman–Crippen MR) is 99.4 cm³/mol. The van der Waals surface area contributed by atoms with Gasteiger partial charge in [-0.25, -0.2) is 4.57 Å². The van der Waals surface area contributed by atoms with Gasteiger partial charge in [-0.05, 0) is 12.8 Å². The zero-order chi connectivity index (χ0) is 20.1. The molecule has 0 aliphatic rings. The van der Waals surface area contributed by atoms with E-state index in [1.54, 1.807) is 6.08 Å². The van der Waals surface area contributed by atoms with Crippen molar-refractivity contribution in [3.63, 3.8) is 0 Å². The number of aliphatic hydroxyl groups excluding tert-OH is 1. The van der Waals surface area contributed by atoms with Crippen molar-refractivity contribution in [2.24, 2.45) is 0 Å². The highest BCUT2D eigenvalue weighted by molar-refractivity contribution is 7.47. The van der Waals surface area contributed by atoms with E-state index in [0.717, 1.165) is 12.8 Å². The Balaban J connectivity index is 3.93. The van der Waals surface area contributed by atoms with Gasteiger partial charge < -0.3 is 19.2 Å². The molecule has 0 aliphatic heterocycles. The molecule has 0 amide bonds. The van der Waals surface area contributed by atoms with Crippen molar-refractivity contribution in [2.75, 3.05) is 47.5 Å². The molecule has 0 saturated carbocycles. The molecule has 152 valence electrons. The van der Waals surface area contributed by atoms with Crippen LogP contribution in [0.25, 0.3) is 0 Å². The van der Waals surface area contributed by atoms with E-state index in [-0.39, 0.29) is 19.6 Å². The standard InChI is InChI=1S/C17H32NO7P/c1-5-6-7-8-9-10-11-17(20)23-14-16(19)15-25-26(21,22)24-13-12-18(2,3)4/h6-7,9-10,16,19H,5,8,11-15H2,1-4H3/p+1/b7-6-,10-9-. The summed E-state index contributed by atoms with van der Waals surface area (Å²) in [6.07, 6.45) is 8.17. The Hall–Kier alpha value is -1.02. The van der Waals surface area contributed by atoms with Crippen molar-refractivity contribution in [1.82, 2.24) is 0 Å². The summed E-state index contributed by atoms with van der Waals surface area (Å²) in [7, 11) is 1.52. The number of phosphoric acid groups is 1. The lowest BCUT2D eigenvalue weighted by Crippen LogP contribution is -2.37. The molecule has 2 atom stereocenters. The molecule has 0 aromatic carbocycles. The minimum absolute atomic E-state index is 0.0438. The summed E-state index contributed by atoms with van der Waals surface area (Å²) < 4.78 is 26.6. The van der Waals surface area contributed by atoms with E-state index in [2.05, 4.69) is 0 Å². The number of esters is 1. The Morgan fingerprint density at radius 2 is 1.77 bits per heavy atom. The maximum absolute atomic E-state index is 11.7. The quantitative estimate of drug-likeness (QED) is 0.201. The summed E-state index contributed by atoms with van der Waals surface area (Å²) in [4.78, 5) is 21.0. The molecule has 0 rings (SSSR count). The second-order valence-electron chi connectivity index (χ2n) is 6.74. The fraction of sp³-hybridized carbons (Fsp3) is 0.706. The molecule has 0 heterocycles. The van der Waals surface area contributed by atoms with Gasteiger partial charge in [-0.2, -0.15) is 0 Å². The number of rotatable bonds is 14. The Morgan fingerprint density at radius 1 is 1.12 bits per heavy atom. The van der Waals surface area contributed by atoms with Gasteiger partial charge in [0, 0.05) is 0 Å². The van der Waals surface area contributed by atoms with Crippen molar-refractivity contribution < 1.29 is 37.6 Å². The van der Waals surface area contributed by atoms with Crippen molar-refractivity contribution >= 4 is 13.8 Å². The Morgan fingerprint density at radius 3 is 2.38 bits per heavy atom. The lowest BCUT2D eigenvalue weighted by Gasteiger charge is -2.24. The van der Waals surface area contributed by atoms with Crippen LogP contribution in [-0.2, 0) is 23.1 Å². The number of hydrogen-bond acceptors (Lipinski definition) is 6. The molecule has 0 bridgehead atoms. The molecule has 8 nitrogen and oxygen atoms in total. The van der Waals surface area contributed by atoms with Crippen LogP contribution >= 0.6 is 7.82 Å². The van der Waals surface area contributed by atoms with E-state index >= 15 is 0 Å². The van der Waals surface area contributed by atoms with E-state index in [1.807, 2.05) is 46.3 Å². The molecule has 0 saturated heterocycles. The fourth-order valence-electron chi connectivity index (χ4n) is 1.56. The molecule has 0 fully saturated rings. The molecule has 0 aliphatic carbocycles. The maximum atomic E-state index is 11.7. The average molecular weight is 394 g/mol. The summed E-state index contributed by atoms with van der Waals surface area (Å²) in [5, 5.41) is 9.66. The number of carbonyl (C=O) groups is 1. The van der Waals surface area contributed by atoms with Gasteiger partial charge in [0.1, 0.15) is 25.9 Å². The minimum atomic E-state index is -4.24. The number of allylic oxidation sites excluding steroid dienone is 3. The Labute approximate surface area is 156 Å². The molecule has 0 radical (unpaired) electrons. The number of ether oxygens (including phenoxy) is 1. The minimum Gasteiger partial charge on any atom is -0.463 e. The summed E-state index contributed by atoms with van der Waals surface area (Å²) in [5.41, 5.74) is 0. The van der Waals surface area contributed by atoms with Crippen LogP contribution in [0.4, 0.5) is 0 Å². The van der Waals surface area contributed by atoms with Gasteiger partial charge >= 0.3 is 13.8 Å². The highest BCUT2D eigenvalue weighted by Gasteiger charge is 2.24. The number of quaternary nitrogens is 1. The topological polar surface area (TPSA) is 102 Å². The second-order valence-corrected chi connectivity index (χ2v) is 8.19. The van der Waals surface area contributed by atoms with Crippen LogP contribution in [0.3, 0.4) is 0 Å². The van der Waals surface area contributed by atoms with Crippen LogP contribution in [-0.4, -0.2) is 74.1 Å². The van der Waals surface area contributed by atoms with Gasteiger partial charge in [0.05, 0.1) is 34.2 Å². The summed E-state index contributed by atoms with van der Waals surface area (Å²) >= 11 is 0. The van der Waals surface area contributed by atoms with Crippen LogP contribution in [0.5, 0.6) is 0 Å². The van der Waals surface area contributed by atoms with Gasteiger partial charge in [-0.15, -0.1) is 0 Å². The largest absolute Gasteiger partial charge is 0.472 e. The third kappa shape index (κ3) is 16.4. The highest BCUT2D eigenvalue weighted by atomic mass is 31.2. The monoisotopic (exact) mass is 394 g/mol. The fourth-order valence-corrected chi connectivity index (χ4v) is 2.31. The first-order valence-corrected chi connectivity index (χ1v) is 10.1. The van der Waals surface area contributed by atoms with E-state index < -0.39 is 26.5 Å². The van der Waals surface area contributed by atoms with Gasteiger partial charge in [0.25, 0.3) is 0 Å². The summed E-state index contributed by atoms with van der Waals surface area (Å²) in [6.45, 7) is 1.82. The average Bonchev–Trinajstić information content (AvgIpc) is 2.53. The van der Waals surface area contributed by atoms with Crippen LogP contribution in [0, 0.1) is 0 Å². The van der Waals surface area contributed by atoms with Crippen molar-refractivity contribution in [1.29, 1.82) is 0 Å². The molecule has 9 heteroatoms. The normalized spacial score (nSPS) is 16.1. The Bertz CT molecular complexity index is 500. The van der Waals surface area contributed by atoms with Gasteiger partial charge in [0.15, 0.2) is 0 Å². The van der Waals surface area contributed by atoms with Crippen LogP contribution < -0.4 is 0 Å². The third-order valence-corrected chi connectivity index (χ3v) is 3.99. The molecular formula is C17H33NO7P+. The maximum Gasteiger partial charge on any atom is 0.472 e. The lowest BCUT2D eigenvalue weighted by molar-refractivity contribution is -0.870. The number of carbonyl (C=O) groups excluding carboxylic acids is 1. The van der Waals surface area contributed by atoms with Gasteiger partial charge in [-0.3, -0.25) is 13.8 Å². The second kappa shape index (κ2) is 13.2. The molecule has 2 unspecified atom stereocenters. The van der Waals surface area contributed by atoms with Crippen molar-refractivity contribution in [3.8, 4) is 0 Å². The highest BCUT2D eigenvalue weighted by Crippen LogP contribution is 2.43. The number of nitrogens with zero attached hydrogens (tertiary/aromatic N) is 1. The van der Waals surface area contributed by atoms with Crippen molar-refractivity contribution in [2.45, 2.75) is 32.3 Å². The zero-order valence-corrected chi connectivity index (χ0v) is 17.1. The number of phosphoric ester groups is 1. The summed E-state index contributed by atoms with van der Waals surface area (Å²) in [5.74, 6) is -0.494. The first-order valence-electron chi connectivity index (χ1n) is 8.61. The molecular weight excluding hydrogens is 361 g/mol. The molecule has 26 heavy (non-hydrogen) atoms. The van der Waals surface area contributed by atoms with Crippen LogP contribution in [0.2, 0.25) is 0 Å². The SMILES string of the molecule is CC/C=C\C/C=C\CC(=O)OCC(O)COP(=O)(O)OCC[N+](C)(C)C. The van der Waals surface area contributed by atoms with Gasteiger partial charge in [-0.1, -0.05) is 31.2 Å². The van der Waals surface area contributed by atoms with E-state index in [9.17, 15) is 19.4 Å². The summed E-state index contributed by atoms with van der Waals surface area (Å²) in [6, 6.07) is 0. The number of aliphatic hydroxyl groups is 1. The Kier molecular flexibility index (Phi) is 12.7. The van der Waals surface area contributed by atoms with Crippen LogP contribution in [0.1, 0.15) is 26.2 Å². The number of hydrogen-bond donors (Lipinski definition) is 2. The van der Waals surface area contributed by atoms with Gasteiger partial charge in [0.2, 0.25) is 0 Å². The molecule has 2 N–H and O–H groups in total. The predicted octanol–water partition coefficient (Wildman–Crippen LogP) is 2.03. The lowest BCUT2D eigenvalue weighted by atomic mass is 10.3. The van der Waals surface area contributed by atoms with E-state index in [1.165, 1.54) is 0 Å². The zero-order valence-electron chi connectivity index (χ0n) is 16.2. The molecule has 0 spiro atoms. The first kappa shape index (κ1) is 25.0. The number of likely N-dealkylation sites (N-methyl/N-ethyl adjacent to an activating group) is 1. The molecule has 0 aromatic rings. The van der Waals surface area contributed by atoms with E-state index in [4.69, 9.17) is 13.8 Å². The van der Waals surface area contributed by atoms with Crippen molar-refractivity contribution in [3.05, 3.63) is 24.3 Å². The third-order valence-electron chi connectivity index (χ3n) is 3.01. The smallest absolute Gasteiger partial charge is 0.463 e. The molecule has 0 aromatic heterocycles. The van der Waals surface area contributed by atoms with Crippen LogP contribution in [0.15, 0.2) is 24.3 Å².